The molecule has 0 aromatic carbocycles. The van der Waals surface area contributed by atoms with Gasteiger partial charge in [0.2, 0.25) is 5.88 Å². The highest BCUT2D eigenvalue weighted by Crippen LogP contribution is 2.66. The number of hydrogen-bond donors (Lipinski definition) is 1. The van der Waals surface area contributed by atoms with Crippen LogP contribution in [0.25, 0.3) is 0 Å². The van der Waals surface area contributed by atoms with E-state index in [0.29, 0.717) is 11.3 Å². The Morgan fingerprint density at radius 2 is 2.10 bits per heavy atom. The fourth-order valence-electron chi connectivity index (χ4n) is 4.33. The molecule has 2 aliphatic rings. The summed E-state index contributed by atoms with van der Waals surface area (Å²) >= 11 is 0. The average Bonchev–Trinajstić information content (AvgIpc) is 2.71. The van der Waals surface area contributed by atoms with Crippen molar-refractivity contribution in [3.05, 3.63) is 11.9 Å². The average molecular weight is 289 g/mol. The second-order valence-electron chi connectivity index (χ2n) is 7.39. The van der Waals surface area contributed by atoms with Gasteiger partial charge in [0, 0.05) is 18.0 Å². The normalized spacial score (nSPS) is 33.2. The van der Waals surface area contributed by atoms with Crippen LogP contribution in [0.1, 0.15) is 52.8 Å². The summed E-state index contributed by atoms with van der Waals surface area (Å²) in [7, 11) is 0. The minimum atomic E-state index is 0.259. The molecule has 1 aromatic rings. The highest BCUT2D eigenvalue weighted by atomic mass is 16.5. The molecule has 1 N–H and O–H groups in total. The smallest absolute Gasteiger partial charge is 0.219 e. The van der Waals surface area contributed by atoms with Crippen LogP contribution in [-0.4, -0.2) is 22.6 Å². The summed E-state index contributed by atoms with van der Waals surface area (Å²) in [5.74, 6) is 3.11. The Kier molecular flexibility index (Phi) is 3.38. The minimum Gasteiger partial charge on any atom is -0.474 e. The summed E-state index contributed by atoms with van der Waals surface area (Å²) in [6, 6.07) is 1.93. The maximum Gasteiger partial charge on any atom is 0.219 e. The Labute approximate surface area is 127 Å². The van der Waals surface area contributed by atoms with E-state index in [1.54, 1.807) is 0 Å². The number of hydrogen-bond acceptors (Lipinski definition) is 4. The van der Waals surface area contributed by atoms with E-state index in [1.807, 2.05) is 13.0 Å². The lowest BCUT2D eigenvalue weighted by Crippen LogP contribution is -2.39. The Morgan fingerprint density at radius 1 is 1.33 bits per heavy atom. The van der Waals surface area contributed by atoms with Gasteiger partial charge in [-0.15, -0.1) is 0 Å². The Morgan fingerprint density at radius 3 is 2.67 bits per heavy atom. The second kappa shape index (κ2) is 4.85. The highest BCUT2D eigenvalue weighted by molar-refractivity contribution is 5.38. The van der Waals surface area contributed by atoms with Crippen molar-refractivity contribution in [2.45, 2.75) is 60.0 Å². The number of nitrogens with one attached hydrogen (secondary N) is 1. The lowest BCUT2D eigenvalue weighted by atomic mass is 9.70. The first-order valence-electron chi connectivity index (χ1n) is 8.13. The van der Waals surface area contributed by atoms with Gasteiger partial charge in [0.1, 0.15) is 17.7 Å². The summed E-state index contributed by atoms with van der Waals surface area (Å²) in [6.45, 7) is 12.0. The molecule has 4 nitrogen and oxygen atoms in total. The highest BCUT2D eigenvalue weighted by Gasteiger charge is 2.62. The molecule has 0 spiro atoms. The van der Waals surface area contributed by atoms with Crippen molar-refractivity contribution in [2.75, 3.05) is 11.9 Å². The molecule has 1 aromatic heterocycles. The number of anilines is 1. The van der Waals surface area contributed by atoms with E-state index in [9.17, 15) is 0 Å². The standard InChI is InChI=1S/C17H27N3O/c1-6-18-14-10-15(20-11(2)19-14)21-13-9-12-7-8-17(13,5)16(12,3)4/h10,12-13H,6-9H2,1-5H3,(H,18,19,20). The van der Waals surface area contributed by atoms with Crippen molar-refractivity contribution in [2.24, 2.45) is 16.7 Å². The van der Waals surface area contributed by atoms with Crippen molar-refractivity contribution in [3.63, 3.8) is 0 Å². The van der Waals surface area contributed by atoms with Crippen LogP contribution in [0.15, 0.2) is 6.07 Å². The monoisotopic (exact) mass is 289 g/mol. The van der Waals surface area contributed by atoms with E-state index < -0.39 is 0 Å². The van der Waals surface area contributed by atoms with Crippen LogP contribution >= 0.6 is 0 Å². The van der Waals surface area contributed by atoms with Gasteiger partial charge < -0.3 is 10.1 Å². The number of fused-ring (bicyclic) bond motifs is 2. The molecule has 2 bridgehead atoms. The van der Waals surface area contributed by atoms with Crippen molar-refractivity contribution >= 4 is 5.82 Å². The molecular weight excluding hydrogens is 262 g/mol. The molecule has 2 saturated carbocycles. The molecular formula is C17H27N3O. The van der Waals surface area contributed by atoms with Gasteiger partial charge in [0.05, 0.1) is 0 Å². The van der Waals surface area contributed by atoms with Crippen LogP contribution in [0.4, 0.5) is 5.82 Å². The lowest BCUT2D eigenvalue weighted by Gasteiger charge is -2.38. The van der Waals surface area contributed by atoms with Crippen LogP contribution < -0.4 is 10.1 Å². The number of rotatable bonds is 4. The van der Waals surface area contributed by atoms with Gasteiger partial charge in [-0.25, -0.2) is 4.98 Å². The molecule has 0 amide bonds. The number of aryl methyl sites for hydroxylation is 1. The van der Waals surface area contributed by atoms with Gasteiger partial charge in [0.15, 0.2) is 0 Å². The van der Waals surface area contributed by atoms with E-state index in [-0.39, 0.29) is 11.5 Å². The number of ether oxygens (including phenoxy) is 1. The number of aromatic nitrogens is 2. The molecule has 2 aliphatic carbocycles. The topological polar surface area (TPSA) is 47.0 Å². The molecule has 3 rings (SSSR count). The van der Waals surface area contributed by atoms with Crippen molar-refractivity contribution in [1.82, 2.24) is 9.97 Å². The molecule has 2 fully saturated rings. The Hall–Kier alpha value is -1.32. The van der Waals surface area contributed by atoms with Gasteiger partial charge in [-0.1, -0.05) is 20.8 Å². The Bertz CT molecular complexity index is 543. The minimum absolute atomic E-state index is 0.259. The molecule has 4 heteroatoms. The van der Waals surface area contributed by atoms with E-state index in [1.165, 1.54) is 12.8 Å². The summed E-state index contributed by atoms with van der Waals surface area (Å²) in [5.41, 5.74) is 0.624. The summed E-state index contributed by atoms with van der Waals surface area (Å²) in [5, 5.41) is 3.24. The van der Waals surface area contributed by atoms with Crippen LogP contribution in [-0.2, 0) is 0 Å². The predicted octanol–water partition coefficient (Wildman–Crippen LogP) is 3.81. The molecule has 21 heavy (non-hydrogen) atoms. The van der Waals surface area contributed by atoms with Gasteiger partial charge in [0.25, 0.3) is 0 Å². The fourth-order valence-corrected chi connectivity index (χ4v) is 4.33. The zero-order chi connectivity index (χ0) is 15.3. The molecule has 0 saturated heterocycles. The third kappa shape index (κ3) is 2.19. The molecule has 116 valence electrons. The van der Waals surface area contributed by atoms with E-state index >= 15 is 0 Å². The number of nitrogens with zero attached hydrogens (tertiary/aromatic N) is 2. The van der Waals surface area contributed by atoms with Crippen molar-refractivity contribution in [1.29, 1.82) is 0 Å². The van der Waals surface area contributed by atoms with Crippen LogP contribution in [0, 0.1) is 23.7 Å². The maximum absolute atomic E-state index is 6.32. The predicted molar refractivity (Wildman–Crippen MR) is 84.6 cm³/mol. The second-order valence-corrected chi connectivity index (χ2v) is 7.39. The van der Waals surface area contributed by atoms with Gasteiger partial charge in [-0.2, -0.15) is 4.98 Å². The van der Waals surface area contributed by atoms with Crippen LogP contribution in [0.2, 0.25) is 0 Å². The first kappa shape index (κ1) is 14.6. The Balaban J connectivity index is 1.82. The largest absolute Gasteiger partial charge is 0.474 e. The summed E-state index contributed by atoms with van der Waals surface area (Å²) in [6.07, 6.45) is 4.03. The van der Waals surface area contributed by atoms with Gasteiger partial charge in [-0.05, 0) is 44.4 Å². The van der Waals surface area contributed by atoms with Gasteiger partial charge in [-0.3, -0.25) is 0 Å². The zero-order valence-corrected chi connectivity index (χ0v) is 13.9. The van der Waals surface area contributed by atoms with E-state index in [0.717, 1.165) is 30.5 Å². The zero-order valence-electron chi connectivity index (χ0n) is 13.9. The third-order valence-electron chi connectivity index (χ3n) is 6.15. The summed E-state index contributed by atoms with van der Waals surface area (Å²) < 4.78 is 6.32. The van der Waals surface area contributed by atoms with Crippen molar-refractivity contribution in [3.8, 4) is 5.88 Å². The molecule has 3 unspecified atom stereocenters. The first-order chi connectivity index (χ1) is 9.86. The quantitative estimate of drug-likeness (QED) is 0.915. The van der Waals surface area contributed by atoms with Crippen LogP contribution in [0.5, 0.6) is 5.88 Å². The molecule has 3 atom stereocenters. The third-order valence-corrected chi connectivity index (χ3v) is 6.15. The van der Waals surface area contributed by atoms with E-state index in [4.69, 9.17) is 4.74 Å². The SMILES string of the molecule is CCNc1cc(OC2CC3CCC2(C)C3(C)C)nc(C)n1. The molecule has 1 heterocycles. The fraction of sp³-hybridized carbons (Fsp3) is 0.765. The van der Waals surface area contributed by atoms with Crippen LogP contribution in [0.3, 0.4) is 0 Å². The van der Waals surface area contributed by atoms with E-state index in [2.05, 4.69) is 43.0 Å². The molecule has 0 aliphatic heterocycles. The molecule has 0 radical (unpaired) electrons. The first-order valence-corrected chi connectivity index (χ1v) is 8.13. The lowest BCUT2D eigenvalue weighted by molar-refractivity contribution is 0.0272. The van der Waals surface area contributed by atoms with Gasteiger partial charge >= 0.3 is 0 Å². The maximum atomic E-state index is 6.32. The summed E-state index contributed by atoms with van der Waals surface area (Å²) in [4.78, 5) is 8.86. The van der Waals surface area contributed by atoms with Crippen molar-refractivity contribution < 1.29 is 4.74 Å².